The molecule has 0 bridgehead atoms. The van der Waals surface area contributed by atoms with Crippen LogP contribution in [0.5, 0.6) is 0 Å². The lowest BCUT2D eigenvalue weighted by molar-refractivity contribution is -0.645. The minimum absolute atomic E-state index is 0.709. The molecule has 0 aliphatic rings. The molecule has 2 heterocycles. The lowest BCUT2D eigenvalue weighted by Crippen LogP contribution is -2.27. The molecule has 0 aliphatic heterocycles. The van der Waals surface area contributed by atoms with Gasteiger partial charge in [0.05, 0.1) is 0 Å². The highest BCUT2D eigenvalue weighted by Gasteiger charge is 2.06. The molecular formula is C14H11N3OS2. The van der Waals surface area contributed by atoms with E-state index in [1.807, 2.05) is 24.3 Å². The van der Waals surface area contributed by atoms with Gasteiger partial charge in [-0.15, -0.1) is 0 Å². The van der Waals surface area contributed by atoms with Crippen LogP contribution in [0.2, 0.25) is 0 Å². The minimum Gasteiger partial charge on any atom is -0.618 e. The fraction of sp³-hybridized carbons (Fsp3) is 0.0714. The van der Waals surface area contributed by atoms with E-state index in [-0.39, 0.29) is 0 Å². The molecule has 4 nitrogen and oxygen atoms in total. The second-order valence-electron chi connectivity index (χ2n) is 4.10. The van der Waals surface area contributed by atoms with Crippen molar-refractivity contribution in [1.29, 1.82) is 0 Å². The van der Waals surface area contributed by atoms with Crippen LogP contribution in [0.3, 0.4) is 0 Å². The summed E-state index contributed by atoms with van der Waals surface area (Å²) >= 11 is 2.91. The Labute approximate surface area is 124 Å². The summed E-state index contributed by atoms with van der Waals surface area (Å²) in [6.45, 7) is 0. The van der Waals surface area contributed by atoms with Crippen LogP contribution in [0, 0.1) is 5.21 Å². The number of thioether (sulfide) groups is 1. The zero-order valence-corrected chi connectivity index (χ0v) is 12.1. The molecule has 0 radical (unpaired) electrons. The van der Waals surface area contributed by atoms with Crippen molar-refractivity contribution in [1.82, 2.24) is 9.36 Å². The smallest absolute Gasteiger partial charge is 0.251 e. The van der Waals surface area contributed by atoms with Crippen molar-refractivity contribution in [2.24, 2.45) is 0 Å². The van der Waals surface area contributed by atoms with E-state index >= 15 is 0 Å². The van der Waals surface area contributed by atoms with Gasteiger partial charge in [-0.1, -0.05) is 36.0 Å². The molecule has 6 heteroatoms. The van der Waals surface area contributed by atoms with Gasteiger partial charge in [0, 0.05) is 23.4 Å². The molecule has 0 atom stereocenters. The quantitative estimate of drug-likeness (QED) is 0.422. The Morgan fingerprint density at radius 3 is 2.70 bits per heavy atom. The van der Waals surface area contributed by atoms with Gasteiger partial charge in [0.1, 0.15) is 11.3 Å². The third kappa shape index (κ3) is 2.97. The van der Waals surface area contributed by atoms with E-state index in [0.29, 0.717) is 5.03 Å². The van der Waals surface area contributed by atoms with Crippen LogP contribution in [-0.2, 0) is 5.75 Å². The van der Waals surface area contributed by atoms with E-state index in [0.717, 1.165) is 21.1 Å². The third-order valence-corrected chi connectivity index (χ3v) is 4.54. The number of aromatic nitrogens is 3. The number of benzene rings is 1. The van der Waals surface area contributed by atoms with Crippen molar-refractivity contribution >= 4 is 23.3 Å². The van der Waals surface area contributed by atoms with Gasteiger partial charge in [0.15, 0.2) is 6.20 Å². The van der Waals surface area contributed by atoms with E-state index in [1.165, 1.54) is 35.1 Å². The van der Waals surface area contributed by atoms with Crippen LogP contribution in [-0.4, -0.2) is 9.36 Å². The topological polar surface area (TPSA) is 52.7 Å². The minimum atomic E-state index is 0.709. The molecule has 3 rings (SSSR count). The number of nitrogens with zero attached hydrogens (tertiary/aromatic N) is 3. The fourth-order valence-corrected chi connectivity index (χ4v) is 3.13. The largest absolute Gasteiger partial charge is 0.618 e. The van der Waals surface area contributed by atoms with Gasteiger partial charge < -0.3 is 5.21 Å². The van der Waals surface area contributed by atoms with Crippen molar-refractivity contribution in [3.63, 3.8) is 0 Å². The fourth-order valence-electron chi connectivity index (χ4n) is 1.73. The Bertz CT molecular complexity index is 684. The molecular weight excluding hydrogens is 290 g/mol. The molecule has 20 heavy (non-hydrogen) atoms. The summed E-state index contributed by atoms with van der Waals surface area (Å²) in [6.07, 6.45) is 3.08. The van der Waals surface area contributed by atoms with Gasteiger partial charge in [-0.2, -0.15) is 9.10 Å². The number of rotatable bonds is 4. The number of hydrogen-bond donors (Lipinski definition) is 0. The van der Waals surface area contributed by atoms with Gasteiger partial charge in [-0.3, -0.25) is 0 Å². The van der Waals surface area contributed by atoms with Crippen molar-refractivity contribution in [3.8, 4) is 10.6 Å². The van der Waals surface area contributed by atoms with Gasteiger partial charge in [-0.05, 0) is 23.2 Å². The summed E-state index contributed by atoms with van der Waals surface area (Å²) in [6, 6.07) is 13.6. The van der Waals surface area contributed by atoms with E-state index in [9.17, 15) is 5.21 Å². The molecule has 2 aromatic heterocycles. The Morgan fingerprint density at radius 2 is 2.00 bits per heavy atom. The van der Waals surface area contributed by atoms with Crippen molar-refractivity contribution in [3.05, 3.63) is 65.8 Å². The van der Waals surface area contributed by atoms with E-state index in [4.69, 9.17) is 0 Å². The van der Waals surface area contributed by atoms with Crippen LogP contribution >= 0.6 is 23.3 Å². The molecule has 0 amide bonds. The molecule has 0 N–H and O–H groups in total. The second-order valence-corrected chi connectivity index (χ2v) is 5.87. The summed E-state index contributed by atoms with van der Waals surface area (Å²) in [5.41, 5.74) is 2.24. The summed E-state index contributed by atoms with van der Waals surface area (Å²) in [5.74, 6) is 0.767. The highest BCUT2D eigenvalue weighted by molar-refractivity contribution is 7.98. The first-order chi connectivity index (χ1) is 9.83. The normalized spacial score (nSPS) is 10.6. The Kier molecular flexibility index (Phi) is 3.94. The van der Waals surface area contributed by atoms with E-state index < -0.39 is 0 Å². The number of hydrogen-bond acceptors (Lipinski definition) is 5. The molecule has 100 valence electrons. The molecule has 1 aromatic carbocycles. The molecule has 0 spiro atoms. The molecule has 3 aromatic rings. The monoisotopic (exact) mass is 301 g/mol. The van der Waals surface area contributed by atoms with E-state index in [1.54, 1.807) is 12.4 Å². The highest BCUT2D eigenvalue weighted by Crippen LogP contribution is 2.23. The SMILES string of the molecule is [O-][n+]1ccccc1SCc1ccc(-c2ncns2)cc1. The maximum Gasteiger partial charge on any atom is 0.251 e. The molecule has 0 saturated carbocycles. The van der Waals surface area contributed by atoms with Crippen molar-refractivity contribution < 1.29 is 4.73 Å². The number of pyridine rings is 1. The standard InChI is InChI=1S/C14H11N3OS2/c18-17-8-2-1-3-13(17)19-9-11-4-6-12(7-5-11)14-15-10-16-20-14/h1-8,10H,9H2. The van der Waals surface area contributed by atoms with Crippen LogP contribution in [0.1, 0.15) is 5.56 Å². The Balaban J connectivity index is 1.68. The van der Waals surface area contributed by atoms with Crippen molar-refractivity contribution in [2.45, 2.75) is 10.8 Å². The first-order valence-corrected chi connectivity index (χ1v) is 7.76. The summed E-state index contributed by atoms with van der Waals surface area (Å²) in [5, 5.41) is 13.2. The van der Waals surface area contributed by atoms with Gasteiger partial charge in [0.2, 0.25) is 0 Å². The summed E-state index contributed by atoms with van der Waals surface area (Å²) < 4.78 is 4.88. The summed E-state index contributed by atoms with van der Waals surface area (Å²) in [4.78, 5) is 4.18. The third-order valence-electron chi connectivity index (χ3n) is 2.74. The highest BCUT2D eigenvalue weighted by atomic mass is 32.2. The van der Waals surface area contributed by atoms with Gasteiger partial charge in [0.25, 0.3) is 5.03 Å². The van der Waals surface area contributed by atoms with Crippen LogP contribution in [0.4, 0.5) is 0 Å². The Morgan fingerprint density at radius 1 is 1.15 bits per heavy atom. The van der Waals surface area contributed by atoms with Gasteiger partial charge >= 0.3 is 0 Å². The predicted molar refractivity (Wildman–Crippen MR) is 80.3 cm³/mol. The average Bonchev–Trinajstić information content (AvgIpc) is 3.01. The van der Waals surface area contributed by atoms with Gasteiger partial charge in [-0.25, -0.2) is 4.98 Å². The second kappa shape index (κ2) is 6.02. The first-order valence-electron chi connectivity index (χ1n) is 6.00. The maximum atomic E-state index is 11.5. The molecule has 0 aliphatic carbocycles. The predicted octanol–water partition coefficient (Wildman–Crippen LogP) is 3.13. The molecule has 0 saturated heterocycles. The average molecular weight is 301 g/mol. The van der Waals surface area contributed by atoms with Crippen molar-refractivity contribution in [2.75, 3.05) is 0 Å². The first kappa shape index (κ1) is 13.1. The lowest BCUT2D eigenvalue weighted by Gasteiger charge is -2.04. The maximum absolute atomic E-state index is 11.5. The zero-order valence-electron chi connectivity index (χ0n) is 10.5. The zero-order chi connectivity index (χ0) is 13.8. The summed E-state index contributed by atoms with van der Waals surface area (Å²) in [7, 11) is 0. The van der Waals surface area contributed by atoms with Crippen LogP contribution in [0.15, 0.2) is 60.0 Å². The van der Waals surface area contributed by atoms with E-state index in [2.05, 4.69) is 21.5 Å². The molecule has 0 unspecified atom stereocenters. The Hall–Kier alpha value is -1.92. The van der Waals surface area contributed by atoms with Crippen LogP contribution in [0.25, 0.3) is 10.6 Å². The lowest BCUT2D eigenvalue weighted by atomic mass is 10.2. The molecule has 0 fully saturated rings. The van der Waals surface area contributed by atoms with Crippen LogP contribution < -0.4 is 4.73 Å².